The first-order chi connectivity index (χ1) is 10.3. The molecule has 122 valence electrons. The van der Waals surface area contributed by atoms with E-state index in [9.17, 15) is 13.2 Å². The average molecular weight is 392 g/mol. The molecule has 0 saturated heterocycles. The lowest BCUT2D eigenvalue weighted by molar-refractivity contribution is -0.142. The van der Waals surface area contributed by atoms with Crippen LogP contribution >= 0.6 is 15.9 Å². The molecule has 1 aromatic rings. The quantitative estimate of drug-likeness (QED) is 0.803. The molecule has 0 aliphatic heterocycles. The molecule has 1 fully saturated rings. The fourth-order valence-electron chi connectivity index (χ4n) is 2.56. The number of carboxylic acids is 1. The molecule has 1 aliphatic carbocycles. The number of halogens is 1. The topological polar surface area (TPSA) is 92.7 Å². The van der Waals surface area contributed by atoms with E-state index in [1.54, 1.807) is 12.1 Å². The van der Waals surface area contributed by atoms with Gasteiger partial charge in [0.15, 0.2) is 0 Å². The number of methoxy groups -OCH3 is 1. The van der Waals surface area contributed by atoms with Gasteiger partial charge in [0.05, 0.1) is 17.9 Å². The van der Waals surface area contributed by atoms with Gasteiger partial charge in [-0.15, -0.1) is 0 Å². The highest BCUT2D eigenvalue weighted by Gasteiger charge is 2.29. The minimum Gasteiger partial charge on any atom is -0.497 e. The van der Waals surface area contributed by atoms with E-state index in [4.69, 9.17) is 9.84 Å². The summed E-state index contributed by atoms with van der Waals surface area (Å²) in [6.45, 7) is 0. The molecule has 6 nitrogen and oxygen atoms in total. The number of hydrogen-bond donors (Lipinski definition) is 2. The molecule has 1 aromatic carbocycles. The summed E-state index contributed by atoms with van der Waals surface area (Å²) >= 11 is 3.24. The van der Waals surface area contributed by atoms with Crippen molar-refractivity contribution in [2.45, 2.75) is 36.6 Å². The molecule has 2 N–H and O–H groups in total. The van der Waals surface area contributed by atoms with E-state index in [1.165, 1.54) is 13.2 Å². The molecule has 0 aromatic heterocycles. The second-order valence-electron chi connectivity index (χ2n) is 5.30. The van der Waals surface area contributed by atoms with Gasteiger partial charge in [-0.3, -0.25) is 4.79 Å². The number of carbonyl (C=O) groups is 1. The molecule has 1 saturated carbocycles. The molecule has 1 aliphatic rings. The Morgan fingerprint density at radius 1 is 1.32 bits per heavy atom. The van der Waals surface area contributed by atoms with Crippen molar-refractivity contribution in [3.05, 3.63) is 22.7 Å². The zero-order valence-electron chi connectivity index (χ0n) is 12.1. The fraction of sp³-hybridized carbons (Fsp3) is 0.500. The third-order valence-electron chi connectivity index (χ3n) is 3.83. The van der Waals surface area contributed by atoms with Crippen molar-refractivity contribution in [3.63, 3.8) is 0 Å². The number of ether oxygens (including phenoxy) is 1. The van der Waals surface area contributed by atoms with Crippen molar-refractivity contribution < 1.29 is 23.1 Å². The normalized spacial score (nSPS) is 22.3. The van der Waals surface area contributed by atoms with Gasteiger partial charge in [-0.05, 0) is 53.7 Å². The summed E-state index contributed by atoms with van der Waals surface area (Å²) in [5.41, 5.74) is 0. The van der Waals surface area contributed by atoms with Crippen LogP contribution in [0.1, 0.15) is 25.7 Å². The van der Waals surface area contributed by atoms with E-state index in [0.29, 0.717) is 35.9 Å². The zero-order chi connectivity index (χ0) is 16.3. The van der Waals surface area contributed by atoms with E-state index in [1.807, 2.05) is 0 Å². The molecule has 0 radical (unpaired) electrons. The van der Waals surface area contributed by atoms with Crippen LogP contribution in [0.2, 0.25) is 0 Å². The highest BCUT2D eigenvalue weighted by atomic mass is 79.9. The number of rotatable bonds is 5. The van der Waals surface area contributed by atoms with Crippen LogP contribution in [-0.2, 0) is 14.8 Å². The van der Waals surface area contributed by atoms with Crippen LogP contribution in [0.4, 0.5) is 0 Å². The van der Waals surface area contributed by atoms with Crippen LogP contribution in [-0.4, -0.2) is 32.6 Å². The van der Waals surface area contributed by atoms with E-state index in [0.717, 1.165) is 0 Å². The maximum atomic E-state index is 12.5. The first-order valence-corrected chi connectivity index (χ1v) is 9.20. The average Bonchev–Trinajstić information content (AvgIpc) is 2.47. The standard InChI is InChI=1S/C14H18BrNO5S/c1-21-11-6-7-12(15)13(8-11)22(19,20)16-10-4-2-9(3-5-10)14(17)18/h6-10,16H,2-5H2,1H3,(H,17,18). The number of aliphatic carboxylic acids is 1. The molecule has 0 heterocycles. The Kier molecular flexibility index (Phi) is 5.46. The number of benzene rings is 1. The van der Waals surface area contributed by atoms with Crippen molar-refractivity contribution in [1.82, 2.24) is 4.72 Å². The predicted molar refractivity (Wildman–Crippen MR) is 84.4 cm³/mol. The summed E-state index contributed by atoms with van der Waals surface area (Å²) in [4.78, 5) is 11.0. The molecule has 8 heteroatoms. The summed E-state index contributed by atoms with van der Waals surface area (Å²) in [6, 6.07) is 4.50. The minimum atomic E-state index is -3.69. The van der Waals surface area contributed by atoms with Gasteiger partial charge in [-0.1, -0.05) is 0 Å². The van der Waals surface area contributed by atoms with Crippen molar-refractivity contribution in [2.24, 2.45) is 5.92 Å². The highest BCUT2D eigenvalue weighted by Crippen LogP contribution is 2.29. The van der Waals surface area contributed by atoms with Crippen LogP contribution in [0.3, 0.4) is 0 Å². The molecular weight excluding hydrogens is 374 g/mol. The predicted octanol–water partition coefficient (Wildman–Crippen LogP) is 2.38. The summed E-state index contributed by atoms with van der Waals surface area (Å²) < 4.78 is 33.2. The first-order valence-electron chi connectivity index (χ1n) is 6.92. The Bertz CT molecular complexity index is 653. The Morgan fingerprint density at radius 2 is 1.95 bits per heavy atom. The third kappa shape index (κ3) is 3.99. The molecule has 0 amide bonds. The molecule has 0 spiro atoms. The zero-order valence-corrected chi connectivity index (χ0v) is 14.5. The van der Waals surface area contributed by atoms with Crippen molar-refractivity contribution in [1.29, 1.82) is 0 Å². The Labute approximate surface area is 138 Å². The van der Waals surface area contributed by atoms with Crippen molar-refractivity contribution in [3.8, 4) is 5.75 Å². The van der Waals surface area contributed by atoms with Crippen LogP contribution in [0.25, 0.3) is 0 Å². The summed E-state index contributed by atoms with van der Waals surface area (Å²) in [7, 11) is -2.21. The number of sulfonamides is 1. The monoisotopic (exact) mass is 391 g/mol. The van der Waals surface area contributed by atoms with Crippen LogP contribution < -0.4 is 9.46 Å². The summed E-state index contributed by atoms with van der Waals surface area (Å²) in [6.07, 6.45) is 2.03. The van der Waals surface area contributed by atoms with Crippen molar-refractivity contribution in [2.75, 3.05) is 7.11 Å². The lowest BCUT2D eigenvalue weighted by Crippen LogP contribution is -2.38. The second-order valence-corrected chi connectivity index (χ2v) is 7.84. The fourth-order valence-corrected chi connectivity index (χ4v) is 4.84. The largest absolute Gasteiger partial charge is 0.497 e. The van der Waals surface area contributed by atoms with Crippen LogP contribution in [0, 0.1) is 5.92 Å². The summed E-state index contributed by atoms with van der Waals surface area (Å²) in [5, 5.41) is 8.97. The van der Waals surface area contributed by atoms with Gasteiger partial charge in [0.2, 0.25) is 10.0 Å². The molecule has 0 atom stereocenters. The third-order valence-corrected chi connectivity index (χ3v) is 6.34. The molecule has 22 heavy (non-hydrogen) atoms. The van der Waals surface area contributed by atoms with Gasteiger partial charge in [-0.25, -0.2) is 13.1 Å². The van der Waals surface area contributed by atoms with Gasteiger partial charge in [0, 0.05) is 16.6 Å². The molecule has 0 bridgehead atoms. The smallest absolute Gasteiger partial charge is 0.306 e. The second kappa shape index (κ2) is 6.97. The van der Waals surface area contributed by atoms with Gasteiger partial charge >= 0.3 is 5.97 Å². The molecular formula is C14H18BrNO5S. The SMILES string of the molecule is COc1ccc(Br)c(S(=O)(=O)NC2CCC(C(=O)O)CC2)c1. The van der Waals surface area contributed by atoms with Gasteiger partial charge < -0.3 is 9.84 Å². The maximum Gasteiger partial charge on any atom is 0.306 e. The minimum absolute atomic E-state index is 0.118. The number of hydrogen-bond acceptors (Lipinski definition) is 4. The number of carboxylic acid groups (broad SMARTS) is 1. The van der Waals surface area contributed by atoms with Gasteiger partial charge in [-0.2, -0.15) is 0 Å². The van der Waals surface area contributed by atoms with E-state index < -0.39 is 16.0 Å². The van der Waals surface area contributed by atoms with E-state index in [2.05, 4.69) is 20.7 Å². The molecule has 2 rings (SSSR count). The van der Waals surface area contributed by atoms with Gasteiger partial charge in [0.25, 0.3) is 0 Å². The van der Waals surface area contributed by atoms with Gasteiger partial charge in [0.1, 0.15) is 5.75 Å². The Balaban J connectivity index is 2.11. The Morgan fingerprint density at radius 3 is 2.50 bits per heavy atom. The molecule has 0 unspecified atom stereocenters. The number of nitrogens with one attached hydrogen (secondary N) is 1. The van der Waals surface area contributed by atoms with E-state index >= 15 is 0 Å². The lowest BCUT2D eigenvalue weighted by atomic mass is 9.87. The highest BCUT2D eigenvalue weighted by molar-refractivity contribution is 9.10. The summed E-state index contributed by atoms with van der Waals surface area (Å²) in [5.74, 6) is -0.723. The Hall–Kier alpha value is -1.12. The van der Waals surface area contributed by atoms with E-state index in [-0.39, 0.29) is 16.9 Å². The maximum absolute atomic E-state index is 12.5. The lowest BCUT2D eigenvalue weighted by Gasteiger charge is -2.26. The first kappa shape index (κ1) is 17.2. The van der Waals surface area contributed by atoms with Crippen molar-refractivity contribution >= 4 is 31.9 Å². The van der Waals surface area contributed by atoms with Crippen LogP contribution in [0.5, 0.6) is 5.75 Å². The van der Waals surface area contributed by atoms with Crippen LogP contribution in [0.15, 0.2) is 27.6 Å².